The van der Waals surface area contributed by atoms with Crippen LogP contribution in [0.5, 0.6) is 5.75 Å². The number of hydrogen-bond donors (Lipinski definition) is 1. The first kappa shape index (κ1) is 25.0. The van der Waals surface area contributed by atoms with Crippen LogP contribution in [0.1, 0.15) is 44.9 Å². The monoisotopic (exact) mass is 420 g/mol. The summed E-state index contributed by atoms with van der Waals surface area (Å²) in [5.74, 6) is -0.499. The van der Waals surface area contributed by atoms with E-state index in [9.17, 15) is 14.4 Å². The van der Waals surface area contributed by atoms with E-state index in [0.29, 0.717) is 17.7 Å². The van der Waals surface area contributed by atoms with Gasteiger partial charge in [0.1, 0.15) is 23.4 Å². The molecule has 0 radical (unpaired) electrons. The standard InChI is InChI=1S/C22H32N2O6/c1-9-10-15-13-16(11-12-17(15)28-7)18(19(25)23-14(2)20(26)29-8)24(6)21(27)30-22(3,4)5/h9,11-14,18H,1,10H2,2-8H3,(H,23,25)/t14-,18-/m0/s1. The van der Waals surface area contributed by atoms with Crippen molar-refractivity contribution >= 4 is 18.0 Å². The molecule has 1 aromatic carbocycles. The molecule has 2 amide bonds. The maximum atomic E-state index is 13.1. The van der Waals surface area contributed by atoms with E-state index >= 15 is 0 Å². The van der Waals surface area contributed by atoms with Crippen molar-refractivity contribution < 1.29 is 28.6 Å². The van der Waals surface area contributed by atoms with Crippen LogP contribution < -0.4 is 10.1 Å². The number of amides is 2. The van der Waals surface area contributed by atoms with Gasteiger partial charge in [-0.25, -0.2) is 9.59 Å². The maximum Gasteiger partial charge on any atom is 0.410 e. The predicted molar refractivity (Wildman–Crippen MR) is 113 cm³/mol. The summed E-state index contributed by atoms with van der Waals surface area (Å²) < 4.78 is 15.5. The van der Waals surface area contributed by atoms with E-state index in [0.717, 1.165) is 5.56 Å². The SMILES string of the molecule is C=CCc1cc([C@@H](C(=O)N[C@@H](C)C(=O)OC)N(C)C(=O)OC(C)(C)C)ccc1OC. The molecule has 8 heteroatoms. The lowest BCUT2D eigenvalue weighted by atomic mass is 9.99. The molecular formula is C22H32N2O6. The predicted octanol–water partition coefficient (Wildman–Crippen LogP) is 3.01. The van der Waals surface area contributed by atoms with Crippen LogP contribution in [0.15, 0.2) is 30.9 Å². The zero-order valence-corrected chi connectivity index (χ0v) is 18.8. The summed E-state index contributed by atoms with van der Waals surface area (Å²) in [5, 5.41) is 2.59. The molecule has 30 heavy (non-hydrogen) atoms. The Bertz CT molecular complexity index is 784. The van der Waals surface area contributed by atoms with Crippen molar-refractivity contribution in [3.05, 3.63) is 42.0 Å². The number of carbonyl (C=O) groups is 3. The first-order chi connectivity index (χ1) is 13.9. The number of nitrogens with zero attached hydrogens (tertiary/aromatic N) is 1. The molecule has 0 aliphatic heterocycles. The number of allylic oxidation sites excluding steroid dienone is 1. The second-order valence-electron chi connectivity index (χ2n) is 7.81. The van der Waals surface area contributed by atoms with Crippen LogP contribution in [0.2, 0.25) is 0 Å². The Morgan fingerprint density at radius 1 is 1.23 bits per heavy atom. The lowest BCUT2D eigenvalue weighted by Crippen LogP contribution is -2.47. The number of benzene rings is 1. The molecule has 0 unspecified atom stereocenters. The molecule has 0 bridgehead atoms. The number of esters is 1. The Labute approximate surface area is 178 Å². The highest BCUT2D eigenvalue weighted by molar-refractivity contribution is 5.90. The molecule has 1 rings (SSSR count). The normalized spacial score (nSPS) is 12.9. The van der Waals surface area contributed by atoms with Crippen LogP contribution in [0, 0.1) is 0 Å². The quantitative estimate of drug-likeness (QED) is 0.513. The Hall–Kier alpha value is -3.03. The van der Waals surface area contributed by atoms with Crippen LogP contribution in [0.25, 0.3) is 0 Å². The van der Waals surface area contributed by atoms with Crippen molar-refractivity contribution in [3.63, 3.8) is 0 Å². The number of carbonyl (C=O) groups excluding carboxylic acids is 3. The topological polar surface area (TPSA) is 94.2 Å². The number of hydrogen-bond acceptors (Lipinski definition) is 6. The molecule has 166 valence electrons. The summed E-state index contributed by atoms with van der Waals surface area (Å²) in [6.07, 6.45) is 1.56. The molecule has 0 fully saturated rings. The highest BCUT2D eigenvalue weighted by Gasteiger charge is 2.33. The van der Waals surface area contributed by atoms with Crippen LogP contribution in [-0.2, 0) is 25.5 Å². The second-order valence-corrected chi connectivity index (χ2v) is 7.81. The van der Waals surface area contributed by atoms with E-state index < -0.39 is 35.7 Å². The first-order valence-electron chi connectivity index (χ1n) is 9.56. The fourth-order valence-electron chi connectivity index (χ4n) is 2.80. The van der Waals surface area contributed by atoms with Gasteiger partial charge in [0.2, 0.25) is 5.91 Å². The van der Waals surface area contributed by atoms with Crippen molar-refractivity contribution in [1.29, 1.82) is 0 Å². The molecule has 8 nitrogen and oxygen atoms in total. The van der Waals surface area contributed by atoms with Crippen molar-refractivity contribution in [3.8, 4) is 5.75 Å². The highest BCUT2D eigenvalue weighted by Crippen LogP contribution is 2.28. The molecule has 0 saturated carbocycles. The zero-order chi connectivity index (χ0) is 23.1. The molecular weight excluding hydrogens is 388 g/mol. The Balaban J connectivity index is 3.37. The largest absolute Gasteiger partial charge is 0.496 e. The van der Waals surface area contributed by atoms with Gasteiger partial charge in [0.15, 0.2) is 0 Å². The van der Waals surface area contributed by atoms with Crippen molar-refractivity contribution in [2.45, 2.75) is 51.8 Å². The lowest BCUT2D eigenvalue weighted by molar-refractivity contribution is -0.145. The van der Waals surface area contributed by atoms with E-state index in [1.165, 1.54) is 26.0 Å². The van der Waals surface area contributed by atoms with Gasteiger partial charge in [0.05, 0.1) is 14.2 Å². The van der Waals surface area contributed by atoms with Gasteiger partial charge in [0, 0.05) is 7.05 Å². The maximum absolute atomic E-state index is 13.1. The van der Waals surface area contributed by atoms with E-state index in [-0.39, 0.29) is 0 Å². The van der Waals surface area contributed by atoms with Gasteiger partial charge in [-0.15, -0.1) is 6.58 Å². The first-order valence-corrected chi connectivity index (χ1v) is 9.56. The number of ether oxygens (including phenoxy) is 3. The third kappa shape index (κ3) is 6.79. The van der Waals surface area contributed by atoms with Gasteiger partial charge in [-0.1, -0.05) is 12.1 Å². The van der Waals surface area contributed by atoms with E-state index in [1.54, 1.807) is 52.2 Å². The Kier molecular flexibility index (Phi) is 8.89. The fourth-order valence-corrected chi connectivity index (χ4v) is 2.80. The fraction of sp³-hybridized carbons (Fsp3) is 0.500. The minimum atomic E-state index is -1.04. The molecule has 2 atom stereocenters. The van der Waals surface area contributed by atoms with Crippen molar-refractivity contribution in [1.82, 2.24) is 10.2 Å². The van der Waals surface area contributed by atoms with Gasteiger partial charge in [-0.3, -0.25) is 9.69 Å². The number of rotatable bonds is 8. The van der Waals surface area contributed by atoms with Crippen LogP contribution in [0.4, 0.5) is 4.79 Å². The lowest BCUT2D eigenvalue weighted by Gasteiger charge is -2.31. The van der Waals surface area contributed by atoms with Gasteiger partial charge in [0.25, 0.3) is 0 Å². The van der Waals surface area contributed by atoms with Gasteiger partial charge in [-0.05, 0) is 57.4 Å². The zero-order valence-electron chi connectivity index (χ0n) is 18.8. The summed E-state index contributed by atoms with van der Waals surface area (Å²) in [5.41, 5.74) is 0.608. The van der Waals surface area contributed by atoms with Crippen LogP contribution in [0.3, 0.4) is 0 Å². The highest BCUT2D eigenvalue weighted by atomic mass is 16.6. The molecule has 0 saturated heterocycles. The molecule has 1 aromatic rings. The molecule has 0 aromatic heterocycles. The summed E-state index contributed by atoms with van der Waals surface area (Å²) in [6, 6.07) is 3.26. The van der Waals surface area contributed by atoms with Gasteiger partial charge < -0.3 is 19.5 Å². The molecule has 0 heterocycles. The molecule has 0 spiro atoms. The van der Waals surface area contributed by atoms with Crippen LogP contribution in [-0.4, -0.2) is 55.8 Å². The third-order valence-electron chi connectivity index (χ3n) is 4.22. The Morgan fingerprint density at radius 3 is 2.37 bits per heavy atom. The Morgan fingerprint density at radius 2 is 1.87 bits per heavy atom. The van der Waals surface area contributed by atoms with E-state index in [4.69, 9.17) is 9.47 Å². The minimum Gasteiger partial charge on any atom is -0.496 e. The molecule has 1 N–H and O–H groups in total. The summed E-state index contributed by atoms with van der Waals surface area (Å²) >= 11 is 0. The summed E-state index contributed by atoms with van der Waals surface area (Å²) in [6.45, 7) is 10.5. The van der Waals surface area contributed by atoms with Crippen molar-refractivity contribution in [2.75, 3.05) is 21.3 Å². The molecule has 0 aliphatic rings. The van der Waals surface area contributed by atoms with Gasteiger partial charge >= 0.3 is 12.1 Å². The number of likely N-dealkylation sites (N-methyl/N-ethyl adjacent to an activating group) is 1. The second kappa shape index (κ2) is 10.7. The van der Waals surface area contributed by atoms with Crippen LogP contribution >= 0.6 is 0 Å². The average Bonchev–Trinajstić information content (AvgIpc) is 2.66. The average molecular weight is 421 g/mol. The third-order valence-corrected chi connectivity index (χ3v) is 4.22. The van der Waals surface area contributed by atoms with Crippen molar-refractivity contribution in [2.24, 2.45) is 0 Å². The molecule has 0 aliphatic carbocycles. The minimum absolute atomic E-state index is 0.514. The van der Waals surface area contributed by atoms with E-state index in [1.807, 2.05) is 0 Å². The van der Waals surface area contributed by atoms with E-state index in [2.05, 4.69) is 16.6 Å². The number of nitrogens with one attached hydrogen (secondary N) is 1. The summed E-state index contributed by atoms with van der Waals surface area (Å²) in [4.78, 5) is 38.7. The smallest absolute Gasteiger partial charge is 0.410 e. The number of methoxy groups -OCH3 is 2. The van der Waals surface area contributed by atoms with Gasteiger partial charge in [-0.2, -0.15) is 0 Å². The summed E-state index contributed by atoms with van der Waals surface area (Å²) in [7, 11) is 4.26.